The van der Waals surface area contributed by atoms with Gasteiger partial charge >= 0.3 is 5.97 Å². The molecule has 2 aromatic carbocycles. The molecular weight excluding hydrogens is 274 g/mol. The van der Waals surface area contributed by atoms with E-state index < -0.39 is 5.97 Å². The first-order chi connectivity index (χ1) is 9.70. The molecule has 0 aliphatic heterocycles. The van der Waals surface area contributed by atoms with Crippen LogP contribution in [0.4, 0.5) is 5.69 Å². The largest absolute Gasteiger partial charge is 0.465 e. The molecule has 20 heavy (non-hydrogen) atoms. The molecule has 0 aromatic heterocycles. The van der Waals surface area contributed by atoms with Gasteiger partial charge in [-0.1, -0.05) is 41.9 Å². The van der Waals surface area contributed by atoms with Crippen molar-refractivity contribution in [1.82, 2.24) is 0 Å². The van der Waals surface area contributed by atoms with Crippen molar-refractivity contribution in [1.29, 1.82) is 0 Å². The normalized spacial score (nSPS) is 11.0. The summed E-state index contributed by atoms with van der Waals surface area (Å²) in [5.41, 5.74) is 2.09. The van der Waals surface area contributed by atoms with Gasteiger partial charge in [-0.15, -0.1) is 0 Å². The first kappa shape index (κ1) is 14.2. The molecule has 4 heteroatoms. The minimum atomic E-state index is -0.391. The van der Waals surface area contributed by atoms with E-state index in [2.05, 4.69) is 5.32 Å². The molecule has 0 bridgehead atoms. The average Bonchev–Trinajstić information content (AvgIpc) is 2.50. The van der Waals surface area contributed by atoms with Gasteiger partial charge < -0.3 is 10.1 Å². The fourth-order valence-electron chi connectivity index (χ4n) is 1.69. The number of hydrogen-bond acceptors (Lipinski definition) is 3. The number of halogens is 1. The molecule has 0 aliphatic carbocycles. The lowest BCUT2D eigenvalue weighted by Crippen LogP contribution is -2.06. The number of methoxy groups -OCH3 is 1. The van der Waals surface area contributed by atoms with Gasteiger partial charge in [0, 0.05) is 16.9 Å². The third-order valence-electron chi connectivity index (χ3n) is 2.72. The van der Waals surface area contributed by atoms with E-state index in [-0.39, 0.29) is 0 Å². The standard InChI is InChI=1S/C16H14ClNO2/c1-20-16(19)15(12-5-3-2-4-6-12)11-18-14-9-7-13(17)8-10-14/h2-11,18H,1H3. The predicted octanol–water partition coefficient (Wildman–Crippen LogP) is 3.97. The Bertz CT molecular complexity index is 606. The van der Waals surface area contributed by atoms with Gasteiger partial charge in [-0.25, -0.2) is 4.79 Å². The Morgan fingerprint density at radius 3 is 2.35 bits per heavy atom. The second-order valence-electron chi connectivity index (χ2n) is 4.07. The maximum Gasteiger partial charge on any atom is 0.339 e. The van der Waals surface area contributed by atoms with Crippen LogP contribution in [0.2, 0.25) is 5.02 Å². The molecule has 0 aliphatic rings. The number of benzene rings is 2. The molecule has 0 spiro atoms. The van der Waals surface area contributed by atoms with Crippen LogP contribution in [0.1, 0.15) is 5.56 Å². The van der Waals surface area contributed by atoms with Crippen LogP contribution in [0.5, 0.6) is 0 Å². The summed E-state index contributed by atoms with van der Waals surface area (Å²) in [5.74, 6) is -0.391. The Balaban J connectivity index is 2.25. The van der Waals surface area contributed by atoms with Crippen molar-refractivity contribution in [3.63, 3.8) is 0 Å². The van der Waals surface area contributed by atoms with Gasteiger partial charge in [0.2, 0.25) is 0 Å². The Morgan fingerprint density at radius 2 is 1.75 bits per heavy atom. The smallest absolute Gasteiger partial charge is 0.339 e. The molecule has 2 rings (SSSR count). The van der Waals surface area contributed by atoms with Gasteiger partial charge in [0.15, 0.2) is 0 Å². The fraction of sp³-hybridized carbons (Fsp3) is 0.0625. The lowest BCUT2D eigenvalue weighted by molar-refractivity contribution is -0.133. The molecule has 102 valence electrons. The van der Waals surface area contributed by atoms with Gasteiger partial charge in [-0.3, -0.25) is 0 Å². The van der Waals surface area contributed by atoms with E-state index in [1.165, 1.54) is 7.11 Å². The van der Waals surface area contributed by atoms with Gasteiger partial charge in [-0.05, 0) is 29.8 Å². The maximum atomic E-state index is 11.8. The summed E-state index contributed by atoms with van der Waals surface area (Å²) < 4.78 is 4.81. The average molecular weight is 288 g/mol. The van der Waals surface area contributed by atoms with Crippen LogP contribution >= 0.6 is 11.6 Å². The predicted molar refractivity (Wildman–Crippen MR) is 81.5 cm³/mol. The van der Waals surface area contributed by atoms with E-state index in [9.17, 15) is 4.79 Å². The summed E-state index contributed by atoms with van der Waals surface area (Å²) in [4.78, 5) is 11.8. The van der Waals surface area contributed by atoms with Crippen molar-refractivity contribution < 1.29 is 9.53 Å². The molecule has 0 radical (unpaired) electrons. The first-order valence-corrected chi connectivity index (χ1v) is 6.44. The minimum absolute atomic E-state index is 0.391. The number of esters is 1. The van der Waals surface area contributed by atoms with Crippen LogP contribution in [-0.2, 0) is 9.53 Å². The van der Waals surface area contributed by atoms with E-state index in [1.807, 2.05) is 42.5 Å². The highest BCUT2D eigenvalue weighted by Gasteiger charge is 2.11. The number of carbonyl (C=O) groups is 1. The summed E-state index contributed by atoms with van der Waals surface area (Å²) in [6, 6.07) is 16.6. The molecule has 1 N–H and O–H groups in total. The first-order valence-electron chi connectivity index (χ1n) is 6.06. The molecule has 0 saturated heterocycles. The Kier molecular flexibility index (Phi) is 4.80. The van der Waals surface area contributed by atoms with Gasteiger partial charge in [0.05, 0.1) is 12.7 Å². The van der Waals surface area contributed by atoms with E-state index in [4.69, 9.17) is 16.3 Å². The molecule has 0 unspecified atom stereocenters. The van der Waals surface area contributed by atoms with Crippen molar-refractivity contribution in [3.05, 3.63) is 71.4 Å². The maximum absolute atomic E-state index is 11.8. The second kappa shape index (κ2) is 6.78. The number of ether oxygens (including phenoxy) is 1. The quantitative estimate of drug-likeness (QED) is 0.683. The Labute approximate surface area is 122 Å². The zero-order valence-electron chi connectivity index (χ0n) is 11.0. The number of hydrogen-bond donors (Lipinski definition) is 1. The Hall–Kier alpha value is -2.26. The van der Waals surface area contributed by atoms with Gasteiger partial charge in [0.25, 0.3) is 0 Å². The van der Waals surface area contributed by atoms with Crippen molar-refractivity contribution in [2.45, 2.75) is 0 Å². The van der Waals surface area contributed by atoms with Gasteiger partial charge in [-0.2, -0.15) is 0 Å². The summed E-state index contributed by atoms with van der Waals surface area (Å²) in [7, 11) is 1.36. The fourth-order valence-corrected chi connectivity index (χ4v) is 1.82. The summed E-state index contributed by atoms with van der Waals surface area (Å²) in [6.07, 6.45) is 1.63. The van der Waals surface area contributed by atoms with E-state index >= 15 is 0 Å². The molecule has 0 atom stereocenters. The lowest BCUT2D eigenvalue weighted by Gasteiger charge is -2.07. The molecule has 0 fully saturated rings. The van der Waals surface area contributed by atoms with Crippen molar-refractivity contribution in [2.24, 2.45) is 0 Å². The zero-order valence-corrected chi connectivity index (χ0v) is 11.7. The van der Waals surface area contributed by atoms with E-state index in [0.717, 1.165) is 11.3 Å². The Morgan fingerprint density at radius 1 is 1.10 bits per heavy atom. The van der Waals surface area contributed by atoms with E-state index in [0.29, 0.717) is 10.6 Å². The zero-order chi connectivity index (χ0) is 14.4. The van der Waals surface area contributed by atoms with Crippen LogP contribution in [-0.4, -0.2) is 13.1 Å². The molecule has 0 amide bonds. The molecular formula is C16H14ClNO2. The SMILES string of the molecule is COC(=O)C(=CNc1ccc(Cl)cc1)c1ccccc1. The molecule has 2 aromatic rings. The van der Waals surface area contributed by atoms with E-state index in [1.54, 1.807) is 18.3 Å². The van der Waals surface area contributed by atoms with Crippen molar-refractivity contribution in [2.75, 3.05) is 12.4 Å². The third kappa shape index (κ3) is 3.62. The summed E-state index contributed by atoms with van der Waals surface area (Å²) >= 11 is 5.83. The highest BCUT2D eigenvalue weighted by atomic mass is 35.5. The highest BCUT2D eigenvalue weighted by molar-refractivity contribution is 6.30. The lowest BCUT2D eigenvalue weighted by atomic mass is 10.1. The highest BCUT2D eigenvalue weighted by Crippen LogP contribution is 2.18. The number of nitrogens with one attached hydrogen (secondary N) is 1. The molecule has 0 saturated carbocycles. The number of anilines is 1. The van der Waals surface area contributed by atoms with Crippen molar-refractivity contribution >= 4 is 28.8 Å². The topological polar surface area (TPSA) is 38.3 Å². The van der Waals surface area contributed by atoms with Crippen LogP contribution in [0, 0.1) is 0 Å². The number of rotatable bonds is 4. The monoisotopic (exact) mass is 287 g/mol. The number of carbonyl (C=O) groups excluding carboxylic acids is 1. The van der Waals surface area contributed by atoms with Crippen LogP contribution < -0.4 is 5.32 Å². The summed E-state index contributed by atoms with van der Waals surface area (Å²) in [6.45, 7) is 0. The third-order valence-corrected chi connectivity index (χ3v) is 2.97. The molecule has 3 nitrogen and oxygen atoms in total. The minimum Gasteiger partial charge on any atom is -0.465 e. The summed E-state index contributed by atoms with van der Waals surface area (Å²) in [5, 5.41) is 3.73. The van der Waals surface area contributed by atoms with Crippen LogP contribution in [0.3, 0.4) is 0 Å². The van der Waals surface area contributed by atoms with Gasteiger partial charge in [0.1, 0.15) is 0 Å². The second-order valence-corrected chi connectivity index (χ2v) is 4.50. The van der Waals surface area contributed by atoms with Crippen molar-refractivity contribution in [3.8, 4) is 0 Å². The van der Waals surface area contributed by atoms with Crippen LogP contribution in [0.25, 0.3) is 5.57 Å². The molecule has 0 heterocycles. The van der Waals surface area contributed by atoms with Crippen LogP contribution in [0.15, 0.2) is 60.8 Å².